The lowest BCUT2D eigenvalue weighted by Crippen LogP contribution is -2.39. The zero-order valence-corrected chi connectivity index (χ0v) is 5.68. The highest BCUT2D eigenvalue weighted by Crippen LogP contribution is 2.12. The van der Waals surface area contributed by atoms with Crippen LogP contribution in [0.5, 0.6) is 0 Å². The highest BCUT2D eigenvalue weighted by Gasteiger charge is 2.35. The molecule has 0 aromatic carbocycles. The Morgan fingerprint density at radius 2 is 2.09 bits per heavy atom. The third kappa shape index (κ3) is 1.33. The number of aliphatic imine (C=N–C) groups is 1. The maximum absolute atomic E-state index is 9.08. The van der Waals surface area contributed by atoms with Crippen LogP contribution in [-0.2, 0) is 0 Å². The highest BCUT2D eigenvalue weighted by atomic mass is 16.5. The molecule has 0 aromatic rings. The Labute approximate surface area is 62.8 Å². The first-order valence-corrected chi connectivity index (χ1v) is 3.15. The van der Waals surface area contributed by atoms with E-state index in [1.54, 1.807) is 5.48 Å². The van der Waals surface area contributed by atoms with E-state index in [-0.39, 0.29) is 12.4 Å². The van der Waals surface area contributed by atoms with Gasteiger partial charge in [-0.05, 0) is 0 Å². The summed E-state index contributed by atoms with van der Waals surface area (Å²) in [6.07, 6.45) is -2.38. The molecule has 0 unspecified atom stereocenters. The smallest absolute Gasteiger partial charge is 0.153 e. The van der Waals surface area contributed by atoms with E-state index in [9.17, 15) is 0 Å². The van der Waals surface area contributed by atoms with Gasteiger partial charge >= 0.3 is 0 Å². The van der Waals surface area contributed by atoms with Crippen LogP contribution in [0, 0.1) is 0 Å². The summed E-state index contributed by atoms with van der Waals surface area (Å²) in [4.78, 5) is 3.59. The number of nitrogens with zero attached hydrogens (tertiary/aromatic N) is 1. The molecule has 0 aliphatic carbocycles. The van der Waals surface area contributed by atoms with Gasteiger partial charge in [-0.2, -0.15) is 0 Å². The van der Waals surface area contributed by atoms with Gasteiger partial charge in [0.05, 0.1) is 6.61 Å². The van der Waals surface area contributed by atoms with Gasteiger partial charge in [0.15, 0.2) is 5.84 Å². The van der Waals surface area contributed by atoms with Gasteiger partial charge in [-0.15, -0.1) is 0 Å². The van der Waals surface area contributed by atoms with Crippen LogP contribution in [-0.4, -0.2) is 51.2 Å². The summed E-state index contributed by atoms with van der Waals surface area (Å²) in [6, 6.07) is -0.750. The molecule has 5 N–H and O–H groups in total. The zero-order valence-electron chi connectivity index (χ0n) is 5.68. The van der Waals surface area contributed by atoms with Crippen molar-refractivity contribution in [3.63, 3.8) is 0 Å². The first kappa shape index (κ1) is 8.41. The Kier molecular flexibility index (Phi) is 2.40. The monoisotopic (exact) mass is 162 g/mol. The molecular formula is C5H10N2O4. The van der Waals surface area contributed by atoms with Gasteiger partial charge in [0.2, 0.25) is 0 Å². The van der Waals surface area contributed by atoms with Crippen molar-refractivity contribution < 1.29 is 20.5 Å². The van der Waals surface area contributed by atoms with Crippen LogP contribution in [0.2, 0.25) is 0 Å². The number of hydroxylamine groups is 1. The molecule has 0 bridgehead atoms. The topological polar surface area (TPSA) is 105 Å². The van der Waals surface area contributed by atoms with Crippen LogP contribution in [0.1, 0.15) is 0 Å². The van der Waals surface area contributed by atoms with Gasteiger partial charge in [-0.1, -0.05) is 0 Å². The van der Waals surface area contributed by atoms with E-state index in [0.29, 0.717) is 0 Å². The summed E-state index contributed by atoms with van der Waals surface area (Å²) in [5.41, 5.74) is 1.64. The maximum Gasteiger partial charge on any atom is 0.153 e. The summed E-state index contributed by atoms with van der Waals surface area (Å²) in [5, 5.41) is 35.0. The van der Waals surface area contributed by atoms with Gasteiger partial charge in [0.1, 0.15) is 18.2 Å². The molecule has 11 heavy (non-hydrogen) atoms. The van der Waals surface area contributed by atoms with Crippen molar-refractivity contribution in [1.82, 2.24) is 5.48 Å². The fourth-order valence-electron chi connectivity index (χ4n) is 0.947. The second kappa shape index (κ2) is 3.14. The van der Waals surface area contributed by atoms with E-state index in [0.717, 1.165) is 0 Å². The molecule has 6 nitrogen and oxygen atoms in total. The molecule has 0 aromatic heterocycles. The summed E-state index contributed by atoms with van der Waals surface area (Å²) in [6.45, 7) is -0.358. The van der Waals surface area contributed by atoms with Crippen LogP contribution in [0.3, 0.4) is 0 Å². The molecular weight excluding hydrogens is 152 g/mol. The largest absolute Gasteiger partial charge is 0.394 e. The van der Waals surface area contributed by atoms with Gasteiger partial charge in [0, 0.05) is 0 Å². The number of aliphatic hydroxyl groups excluding tert-OH is 3. The van der Waals surface area contributed by atoms with Gasteiger partial charge in [-0.3, -0.25) is 15.7 Å². The zero-order chi connectivity index (χ0) is 8.43. The lowest BCUT2D eigenvalue weighted by atomic mass is 10.1. The number of hydrogen-bond acceptors (Lipinski definition) is 6. The van der Waals surface area contributed by atoms with E-state index in [4.69, 9.17) is 20.5 Å². The van der Waals surface area contributed by atoms with Crippen LogP contribution < -0.4 is 5.48 Å². The Balaban J connectivity index is 2.68. The van der Waals surface area contributed by atoms with E-state index >= 15 is 0 Å². The second-order valence-electron chi connectivity index (χ2n) is 2.31. The fraction of sp³-hybridized carbons (Fsp3) is 0.800. The van der Waals surface area contributed by atoms with E-state index in [1.165, 1.54) is 0 Å². The minimum Gasteiger partial charge on any atom is -0.394 e. The minimum atomic E-state index is -1.24. The molecule has 1 aliphatic rings. The predicted molar refractivity (Wildman–Crippen MR) is 35.2 cm³/mol. The van der Waals surface area contributed by atoms with E-state index in [2.05, 4.69) is 4.99 Å². The van der Waals surface area contributed by atoms with Crippen molar-refractivity contribution in [2.24, 2.45) is 4.99 Å². The lowest BCUT2D eigenvalue weighted by molar-refractivity contribution is 0.0368. The summed E-state index contributed by atoms with van der Waals surface area (Å²) in [5.74, 6) is -0.114. The summed E-state index contributed by atoms with van der Waals surface area (Å²) < 4.78 is 0. The Hall–Kier alpha value is -0.690. The molecule has 0 amide bonds. The third-order valence-electron chi connectivity index (χ3n) is 1.60. The molecule has 64 valence electrons. The third-order valence-corrected chi connectivity index (χ3v) is 1.60. The predicted octanol–water partition coefficient (Wildman–Crippen LogP) is -2.54. The normalized spacial score (nSPS) is 37.1. The first-order chi connectivity index (χ1) is 5.20. The minimum absolute atomic E-state index is 0.114. The molecule has 1 rings (SSSR count). The number of amidine groups is 1. The Bertz CT molecular complexity index is 172. The van der Waals surface area contributed by atoms with Crippen molar-refractivity contribution >= 4 is 5.84 Å². The van der Waals surface area contributed by atoms with Crippen LogP contribution in [0.4, 0.5) is 0 Å². The second-order valence-corrected chi connectivity index (χ2v) is 2.31. The Morgan fingerprint density at radius 3 is 2.36 bits per heavy atom. The van der Waals surface area contributed by atoms with Crippen molar-refractivity contribution in [2.75, 3.05) is 6.61 Å². The number of nitrogens with one attached hydrogen (secondary N) is 1. The number of hydrogen-bond donors (Lipinski definition) is 5. The quantitative estimate of drug-likeness (QED) is 0.273. The molecule has 1 aliphatic heterocycles. The van der Waals surface area contributed by atoms with E-state index in [1.807, 2.05) is 0 Å². The Morgan fingerprint density at radius 1 is 1.45 bits per heavy atom. The summed E-state index contributed by atoms with van der Waals surface area (Å²) >= 11 is 0. The molecule has 0 saturated heterocycles. The highest BCUT2D eigenvalue weighted by molar-refractivity contribution is 5.88. The SMILES string of the molecule is OC[C@H]1N=C(NO)[C@@H](O)[C@@H]1O. The van der Waals surface area contributed by atoms with Crippen LogP contribution in [0.15, 0.2) is 4.99 Å². The molecule has 0 saturated carbocycles. The van der Waals surface area contributed by atoms with Gasteiger partial charge in [0.25, 0.3) is 0 Å². The summed E-state index contributed by atoms with van der Waals surface area (Å²) in [7, 11) is 0. The number of aliphatic hydroxyl groups is 3. The molecule has 1 heterocycles. The average Bonchev–Trinajstić information content (AvgIpc) is 2.30. The molecule has 0 fully saturated rings. The molecule has 0 spiro atoms. The lowest BCUT2D eigenvalue weighted by Gasteiger charge is -2.12. The average molecular weight is 162 g/mol. The first-order valence-electron chi connectivity index (χ1n) is 3.15. The molecule has 0 radical (unpaired) electrons. The van der Waals surface area contributed by atoms with Crippen molar-refractivity contribution in [3.8, 4) is 0 Å². The van der Waals surface area contributed by atoms with Crippen molar-refractivity contribution in [3.05, 3.63) is 0 Å². The van der Waals surface area contributed by atoms with Crippen molar-refractivity contribution in [1.29, 1.82) is 0 Å². The molecule has 6 heteroatoms. The van der Waals surface area contributed by atoms with E-state index < -0.39 is 18.2 Å². The maximum atomic E-state index is 9.08. The van der Waals surface area contributed by atoms with Crippen LogP contribution in [0.25, 0.3) is 0 Å². The van der Waals surface area contributed by atoms with Gasteiger partial charge < -0.3 is 15.3 Å². The fourth-order valence-corrected chi connectivity index (χ4v) is 0.947. The number of rotatable bonds is 1. The standard InChI is InChI=1S/C5H10N2O4/c8-1-2-3(9)4(10)5(6-2)7-11/h2-4,8-11H,1H2,(H,6,7)/t2-,3-,4+/m1/s1. The van der Waals surface area contributed by atoms with Crippen LogP contribution >= 0.6 is 0 Å². The van der Waals surface area contributed by atoms with Crippen molar-refractivity contribution in [2.45, 2.75) is 18.2 Å². The van der Waals surface area contributed by atoms with Gasteiger partial charge in [-0.25, -0.2) is 0 Å². The molecule has 3 atom stereocenters.